The fraction of sp³-hybridized carbons (Fsp3) is 0.741. The molecule has 0 rings (SSSR count). The molecule has 0 aliphatic rings. The number of likely N-dealkylation sites (N-methyl/N-ethyl adjacent to an activating group) is 15. The standard InChI is InChI=1S/C58H104N16O15/c1-19-21-23-25-27-74(28-26-24-22-20-2)58(89)43-73(18)57(88)42-72(17)56(87)41-71(16)55(86)40-70(15)54(85)39-69(14)53(84)38-68(13)52(83)37-67(12)51(82)36-66(11)50(81)35-65(10)49(80)34-64(9)48(79)33-63(8)47(78)32-62(7)46(77)31-61(6)45(76)30-60(5)44(75)29-59(3)4/h19-43H2,1-18H3. The second kappa shape index (κ2) is 41.3. The van der Waals surface area contributed by atoms with Crippen LogP contribution in [0, 0.1) is 0 Å². The predicted octanol–water partition coefficient (Wildman–Crippen LogP) is -4.05. The quantitative estimate of drug-likeness (QED) is 0.0528. The highest BCUT2D eigenvalue weighted by atomic mass is 16.2. The van der Waals surface area contributed by atoms with E-state index < -0.39 is 142 Å². The van der Waals surface area contributed by atoms with Crippen LogP contribution in [0.15, 0.2) is 0 Å². The van der Waals surface area contributed by atoms with Crippen LogP contribution < -0.4 is 0 Å². The second-order valence-corrected chi connectivity index (χ2v) is 23.2. The van der Waals surface area contributed by atoms with E-state index >= 15 is 0 Å². The molecule has 0 spiro atoms. The van der Waals surface area contributed by atoms with Crippen LogP contribution in [-0.2, 0) is 71.9 Å². The first-order chi connectivity index (χ1) is 41.4. The Morgan fingerprint density at radius 3 is 0.449 bits per heavy atom. The lowest BCUT2D eigenvalue weighted by molar-refractivity contribution is -0.147. The van der Waals surface area contributed by atoms with Gasteiger partial charge < -0.3 is 78.4 Å². The maximum atomic E-state index is 13.2. The third-order valence-electron chi connectivity index (χ3n) is 14.5. The van der Waals surface area contributed by atoms with Crippen molar-refractivity contribution in [2.75, 3.05) is 224 Å². The summed E-state index contributed by atoms with van der Waals surface area (Å²) in [7, 11) is 22.4. The summed E-state index contributed by atoms with van der Waals surface area (Å²) >= 11 is 0. The number of hydrogen-bond acceptors (Lipinski definition) is 16. The topological polar surface area (TPSA) is 308 Å². The lowest BCUT2D eigenvalue weighted by Crippen LogP contribution is -2.50. The highest BCUT2D eigenvalue weighted by Crippen LogP contribution is 2.08. The van der Waals surface area contributed by atoms with E-state index in [0.717, 1.165) is 110 Å². The minimum absolute atomic E-state index is 0.0972. The van der Waals surface area contributed by atoms with Gasteiger partial charge in [-0.1, -0.05) is 52.4 Å². The molecule has 506 valence electrons. The highest BCUT2D eigenvalue weighted by molar-refractivity contribution is 5.95. The number of nitrogens with zero attached hydrogens (tertiary/aromatic N) is 16. The van der Waals surface area contributed by atoms with Gasteiger partial charge in [-0.2, -0.15) is 0 Å². The van der Waals surface area contributed by atoms with Crippen molar-refractivity contribution in [3.05, 3.63) is 0 Å². The lowest BCUT2D eigenvalue weighted by atomic mass is 10.1. The summed E-state index contributed by atoms with van der Waals surface area (Å²) in [6, 6.07) is 0. The molecule has 0 heterocycles. The zero-order valence-corrected chi connectivity index (χ0v) is 56.5. The van der Waals surface area contributed by atoms with Crippen LogP contribution in [0.2, 0.25) is 0 Å². The molecule has 0 fully saturated rings. The van der Waals surface area contributed by atoms with E-state index in [1.807, 2.05) is 4.90 Å². The van der Waals surface area contributed by atoms with E-state index in [4.69, 9.17) is 0 Å². The molecule has 0 aliphatic heterocycles. The minimum atomic E-state index is -0.661. The molecule has 0 unspecified atom stereocenters. The van der Waals surface area contributed by atoms with Crippen LogP contribution in [0.1, 0.15) is 65.2 Å². The predicted molar refractivity (Wildman–Crippen MR) is 330 cm³/mol. The van der Waals surface area contributed by atoms with E-state index in [2.05, 4.69) is 13.8 Å². The Kier molecular flexibility index (Phi) is 37.6. The van der Waals surface area contributed by atoms with Gasteiger partial charge in [0, 0.05) is 112 Å². The Labute approximate surface area is 526 Å². The number of hydrogen-bond donors (Lipinski definition) is 0. The van der Waals surface area contributed by atoms with Crippen LogP contribution in [0.5, 0.6) is 0 Å². The van der Waals surface area contributed by atoms with Gasteiger partial charge in [0.1, 0.15) is 0 Å². The number of rotatable bonds is 40. The Hall–Kier alpha value is -7.99. The molecule has 0 aliphatic carbocycles. The van der Waals surface area contributed by atoms with E-state index in [9.17, 15) is 71.9 Å². The van der Waals surface area contributed by atoms with E-state index in [0.29, 0.717) is 13.1 Å². The van der Waals surface area contributed by atoms with E-state index in [-0.39, 0.29) is 44.5 Å². The smallest absolute Gasteiger partial charge is 0.242 e. The van der Waals surface area contributed by atoms with Gasteiger partial charge in [0.25, 0.3) is 0 Å². The number of carbonyl (C=O) groups is 15. The largest absolute Gasteiger partial charge is 0.341 e. The summed E-state index contributed by atoms with van der Waals surface area (Å²) < 4.78 is 0. The average Bonchev–Trinajstić information content (AvgIpc) is 2.89. The molecular formula is C58H104N16O15. The van der Waals surface area contributed by atoms with Crippen molar-refractivity contribution >= 4 is 88.6 Å². The normalized spacial score (nSPS) is 10.7. The Morgan fingerprint density at radius 2 is 0.315 bits per heavy atom. The Bertz CT molecular complexity index is 2440. The van der Waals surface area contributed by atoms with Crippen molar-refractivity contribution in [3.8, 4) is 0 Å². The molecule has 31 nitrogen and oxygen atoms in total. The highest BCUT2D eigenvalue weighted by Gasteiger charge is 2.29. The van der Waals surface area contributed by atoms with E-state index in [1.165, 1.54) is 108 Å². The molecule has 0 aromatic carbocycles. The third-order valence-corrected chi connectivity index (χ3v) is 14.5. The molecule has 0 N–H and O–H groups in total. The first-order valence-electron chi connectivity index (χ1n) is 29.7. The maximum Gasteiger partial charge on any atom is 0.242 e. The van der Waals surface area contributed by atoms with Gasteiger partial charge in [-0.25, -0.2) is 0 Å². The molecule has 0 radical (unpaired) electrons. The molecule has 15 amide bonds. The molecule has 0 saturated heterocycles. The Morgan fingerprint density at radius 1 is 0.180 bits per heavy atom. The van der Waals surface area contributed by atoms with Gasteiger partial charge in [0.15, 0.2) is 0 Å². The van der Waals surface area contributed by atoms with Gasteiger partial charge >= 0.3 is 0 Å². The SMILES string of the molecule is CCCCCCN(CCCCCC)C(=O)CN(C)C(=O)CN(C)C(=O)CN(C)C(=O)CN(C)C(=O)CN(C)C(=O)CN(C)C(=O)CN(C)C(=O)CN(C)C(=O)CN(C)C(=O)CN(C)C(=O)CN(C)C(=O)CN(C)C(=O)CN(C)C(=O)CN(C)C(=O)CN(C)C. The zero-order chi connectivity index (χ0) is 68.6. The summed E-state index contributed by atoms with van der Waals surface area (Å²) in [5.74, 6) is -8.29. The van der Waals surface area contributed by atoms with Crippen molar-refractivity contribution in [1.29, 1.82) is 0 Å². The van der Waals surface area contributed by atoms with Crippen molar-refractivity contribution in [2.24, 2.45) is 0 Å². The van der Waals surface area contributed by atoms with Crippen LogP contribution >= 0.6 is 0 Å². The fourth-order valence-electron chi connectivity index (χ4n) is 7.96. The van der Waals surface area contributed by atoms with Gasteiger partial charge in [-0.05, 0) is 26.9 Å². The molecule has 89 heavy (non-hydrogen) atoms. The first kappa shape index (κ1) is 81.0. The number of amides is 15. The fourth-order valence-corrected chi connectivity index (χ4v) is 7.96. The summed E-state index contributed by atoms with van der Waals surface area (Å²) in [6.45, 7) is -0.200. The molecule has 0 bridgehead atoms. The van der Waals surface area contributed by atoms with Crippen molar-refractivity contribution < 1.29 is 71.9 Å². The Balaban J connectivity index is 5.03. The average molecular weight is 1270 g/mol. The monoisotopic (exact) mass is 1260 g/mol. The van der Waals surface area contributed by atoms with Gasteiger partial charge in [-0.3, -0.25) is 71.9 Å². The zero-order valence-electron chi connectivity index (χ0n) is 56.5. The van der Waals surface area contributed by atoms with Crippen molar-refractivity contribution in [2.45, 2.75) is 65.2 Å². The molecule has 0 saturated carbocycles. The maximum absolute atomic E-state index is 13.2. The van der Waals surface area contributed by atoms with Crippen molar-refractivity contribution in [3.63, 3.8) is 0 Å². The summed E-state index contributed by atoms with van der Waals surface area (Å²) in [4.78, 5) is 213. The molecule has 0 atom stereocenters. The van der Waals surface area contributed by atoms with Crippen LogP contribution in [0.4, 0.5) is 0 Å². The van der Waals surface area contributed by atoms with Gasteiger partial charge in [0.2, 0.25) is 88.6 Å². The van der Waals surface area contributed by atoms with Crippen molar-refractivity contribution in [1.82, 2.24) is 78.4 Å². The lowest BCUT2D eigenvalue weighted by Gasteiger charge is -2.28. The van der Waals surface area contributed by atoms with Crippen LogP contribution in [0.25, 0.3) is 0 Å². The summed E-state index contributed by atoms with van der Waals surface area (Å²) in [5.41, 5.74) is 0. The number of unbranched alkanes of at least 4 members (excludes halogenated alkanes) is 6. The second-order valence-electron chi connectivity index (χ2n) is 23.2. The first-order valence-corrected chi connectivity index (χ1v) is 29.7. The minimum Gasteiger partial charge on any atom is -0.341 e. The summed E-state index contributed by atoms with van der Waals surface area (Å²) in [6.07, 6.45) is 8.09. The number of carbonyl (C=O) groups excluding carboxylic acids is 15. The van der Waals surface area contributed by atoms with Gasteiger partial charge in [-0.15, -0.1) is 0 Å². The molecule has 0 aromatic heterocycles. The molecule has 31 heteroatoms. The van der Waals surface area contributed by atoms with Crippen LogP contribution in [-0.4, -0.2) is 391 Å². The summed E-state index contributed by atoms with van der Waals surface area (Å²) in [5, 5.41) is 0. The third kappa shape index (κ3) is 31.7. The van der Waals surface area contributed by atoms with Gasteiger partial charge in [0.05, 0.1) is 98.2 Å². The van der Waals surface area contributed by atoms with Crippen LogP contribution in [0.3, 0.4) is 0 Å². The molecule has 0 aromatic rings. The van der Waals surface area contributed by atoms with E-state index in [1.54, 1.807) is 19.0 Å². The molecular weight excluding hydrogens is 1160 g/mol.